The van der Waals surface area contributed by atoms with E-state index in [9.17, 15) is 5.11 Å². The van der Waals surface area contributed by atoms with E-state index in [1.807, 2.05) is 18.2 Å². The Hall–Kier alpha value is -0.883. The van der Waals surface area contributed by atoms with Gasteiger partial charge in [-0.15, -0.1) is 0 Å². The molecule has 1 aromatic rings. The van der Waals surface area contributed by atoms with E-state index in [2.05, 4.69) is 20.8 Å². The summed E-state index contributed by atoms with van der Waals surface area (Å²) in [6, 6.07) is 8.19. The summed E-state index contributed by atoms with van der Waals surface area (Å²) in [5.41, 5.74) is 0.927. The molecule has 0 unspecified atom stereocenters. The van der Waals surface area contributed by atoms with Crippen molar-refractivity contribution in [3.8, 4) is 5.75 Å². The number of hydrogen-bond acceptors (Lipinski definition) is 4. The second-order valence-electron chi connectivity index (χ2n) is 6.42. The molecule has 1 aromatic carbocycles. The van der Waals surface area contributed by atoms with E-state index >= 15 is 0 Å². The fourth-order valence-electron chi connectivity index (χ4n) is 2.47. The van der Waals surface area contributed by atoms with Crippen LogP contribution in [-0.4, -0.2) is 33.7 Å². The molecule has 0 aliphatic heterocycles. The van der Waals surface area contributed by atoms with Crippen molar-refractivity contribution >= 4 is 8.80 Å². The van der Waals surface area contributed by atoms with Crippen molar-refractivity contribution in [1.29, 1.82) is 0 Å². The van der Waals surface area contributed by atoms with E-state index < -0.39 is 8.80 Å². The molecule has 0 saturated heterocycles. The van der Waals surface area contributed by atoms with Gasteiger partial charge >= 0.3 is 8.80 Å². The lowest BCUT2D eigenvalue weighted by molar-refractivity contribution is 0.0563. The van der Waals surface area contributed by atoms with Gasteiger partial charge in [-0.05, 0) is 37.3 Å². The molecular weight excluding hydrogens is 332 g/mol. The van der Waals surface area contributed by atoms with Crippen molar-refractivity contribution in [3.63, 3.8) is 0 Å². The van der Waals surface area contributed by atoms with Gasteiger partial charge in [-0.1, -0.05) is 58.2 Å². The third-order valence-corrected chi connectivity index (χ3v) is 6.95. The largest absolute Gasteiger partial charge is 0.508 e. The summed E-state index contributed by atoms with van der Waals surface area (Å²) in [5.74, 6) is 0.334. The number of para-hydroxylation sites is 1. The highest BCUT2D eigenvalue weighted by Gasteiger charge is 2.40. The molecule has 0 amide bonds. The summed E-state index contributed by atoms with van der Waals surface area (Å²) in [6.07, 6.45) is 7.03. The zero-order valence-corrected chi connectivity index (χ0v) is 17.3. The SMILES string of the molecule is CCCCO[Si](CCc1ccccc1O)(OCCCC)OCCCC. The molecule has 4 nitrogen and oxygen atoms in total. The molecule has 0 spiro atoms. The summed E-state index contributed by atoms with van der Waals surface area (Å²) < 4.78 is 18.7. The van der Waals surface area contributed by atoms with E-state index in [1.54, 1.807) is 6.07 Å². The number of phenolic OH excluding ortho intramolecular Hbond substituents is 1. The van der Waals surface area contributed by atoms with Gasteiger partial charge in [0.2, 0.25) is 0 Å². The van der Waals surface area contributed by atoms with E-state index in [0.29, 0.717) is 38.0 Å². The van der Waals surface area contributed by atoms with Crippen molar-refractivity contribution in [2.75, 3.05) is 19.8 Å². The van der Waals surface area contributed by atoms with Gasteiger partial charge < -0.3 is 18.4 Å². The minimum absolute atomic E-state index is 0.334. The van der Waals surface area contributed by atoms with Crippen molar-refractivity contribution < 1.29 is 18.4 Å². The Morgan fingerprint density at radius 3 is 1.72 bits per heavy atom. The van der Waals surface area contributed by atoms with Crippen LogP contribution >= 0.6 is 0 Å². The molecule has 0 atom stereocenters. The van der Waals surface area contributed by atoms with Crippen LogP contribution in [0.4, 0.5) is 0 Å². The number of phenols is 1. The Labute approximate surface area is 154 Å². The first-order valence-corrected chi connectivity index (χ1v) is 11.8. The summed E-state index contributed by atoms with van der Waals surface area (Å²) in [7, 11) is -2.72. The van der Waals surface area contributed by atoms with Gasteiger partial charge in [0.15, 0.2) is 0 Å². The Morgan fingerprint density at radius 1 is 0.800 bits per heavy atom. The van der Waals surface area contributed by atoms with Crippen molar-refractivity contribution in [3.05, 3.63) is 29.8 Å². The normalized spacial score (nSPS) is 11.8. The maximum absolute atomic E-state index is 10.0. The minimum Gasteiger partial charge on any atom is -0.508 e. The molecule has 0 aliphatic carbocycles. The van der Waals surface area contributed by atoms with Gasteiger partial charge in [0.1, 0.15) is 5.75 Å². The topological polar surface area (TPSA) is 47.9 Å². The lowest BCUT2D eigenvalue weighted by Crippen LogP contribution is -2.47. The molecule has 144 valence electrons. The highest BCUT2D eigenvalue weighted by Crippen LogP contribution is 2.24. The number of hydrogen-bond donors (Lipinski definition) is 1. The van der Waals surface area contributed by atoms with Crippen LogP contribution < -0.4 is 0 Å². The number of rotatable bonds is 15. The summed E-state index contributed by atoms with van der Waals surface area (Å²) >= 11 is 0. The smallest absolute Gasteiger partial charge is 0.501 e. The summed E-state index contributed by atoms with van der Waals surface area (Å²) in [4.78, 5) is 0. The van der Waals surface area contributed by atoms with Crippen LogP contribution in [0.25, 0.3) is 0 Å². The molecule has 0 aromatic heterocycles. The number of unbranched alkanes of at least 4 members (excludes halogenated alkanes) is 3. The second kappa shape index (κ2) is 13.3. The van der Waals surface area contributed by atoms with Crippen LogP contribution in [0.5, 0.6) is 5.75 Å². The molecule has 5 heteroatoms. The predicted octanol–water partition coefficient (Wildman–Crippen LogP) is 5.32. The van der Waals surface area contributed by atoms with Gasteiger partial charge in [-0.2, -0.15) is 0 Å². The lowest BCUT2D eigenvalue weighted by Gasteiger charge is -2.30. The third kappa shape index (κ3) is 8.86. The molecule has 25 heavy (non-hydrogen) atoms. The molecular formula is C20H36O4Si. The monoisotopic (exact) mass is 368 g/mol. The van der Waals surface area contributed by atoms with E-state index in [1.165, 1.54) is 0 Å². The Kier molecular flexibility index (Phi) is 11.8. The van der Waals surface area contributed by atoms with Crippen LogP contribution in [0.3, 0.4) is 0 Å². The highest BCUT2D eigenvalue weighted by atomic mass is 28.4. The molecule has 0 fully saturated rings. The maximum atomic E-state index is 10.0. The fourth-order valence-corrected chi connectivity index (χ4v) is 5.09. The van der Waals surface area contributed by atoms with Crippen LogP contribution in [0.1, 0.15) is 64.9 Å². The van der Waals surface area contributed by atoms with Crippen LogP contribution in [0.15, 0.2) is 24.3 Å². The summed E-state index contributed by atoms with van der Waals surface area (Å²) in [6.45, 7) is 8.52. The van der Waals surface area contributed by atoms with Crippen LogP contribution in [0, 0.1) is 0 Å². The van der Waals surface area contributed by atoms with Crippen molar-refractivity contribution in [1.82, 2.24) is 0 Å². The number of benzene rings is 1. The number of aromatic hydroxyl groups is 1. The van der Waals surface area contributed by atoms with Gasteiger partial charge in [0.25, 0.3) is 0 Å². The first kappa shape index (κ1) is 22.2. The van der Waals surface area contributed by atoms with Gasteiger partial charge in [0, 0.05) is 25.9 Å². The second-order valence-corrected chi connectivity index (χ2v) is 9.15. The van der Waals surface area contributed by atoms with Crippen molar-refractivity contribution in [2.24, 2.45) is 0 Å². The summed E-state index contributed by atoms with van der Waals surface area (Å²) in [5, 5.41) is 10.0. The molecule has 0 aliphatic rings. The molecule has 1 N–H and O–H groups in total. The molecule has 0 bridgehead atoms. The van der Waals surface area contributed by atoms with E-state index in [0.717, 1.165) is 44.1 Å². The minimum atomic E-state index is -2.72. The van der Waals surface area contributed by atoms with Gasteiger partial charge in [-0.25, -0.2) is 0 Å². The highest BCUT2D eigenvalue weighted by molar-refractivity contribution is 6.60. The lowest BCUT2D eigenvalue weighted by atomic mass is 10.1. The van der Waals surface area contributed by atoms with Crippen molar-refractivity contribution in [2.45, 2.75) is 71.8 Å². The fraction of sp³-hybridized carbons (Fsp3) is 0.700. The maximum Gasteiger partial charge on any atom is 0.501 e. The third-order valence-electron chi connectivity index (χ3n) is 4.15. The standard InChI is InChI=1S/C20H36O4Si/c1-4-7-15-22-25(23-16-8-5-2,24-17-9-6-3)18-14-19-12-10-11-13-20(19)21/h10-13,21H,4-9,14-18H2,1-3H3. The molecule has 0 radical (unpaired) electrons. The Bertz CT molecular complexity index is 427. The average Bonchev–Trinajstić information content (AvgIpc) is 2.61. The Morgan fingerprint density at radius 2 is 1.28 bits per heavy atom. The Balaban J connectivity index is 2.79. The quantitative estimate of drug-likeness (QED) is 0.336. The molecule has 0 heterocycles. The van der Waals surface area contributed by atoms with Crippen LogP contribution in [-0.2, 0) is 19.7 Å². The van der Waals surface area contributed by atoms with E-state index in [-0.39, 0.29) is 0 Å². The zero-order chi connectivity index (χ0) is 18.4. The zero-order valence-electron chi connectivity index (χ0n) is 16.3. The first-order valence-electron chi connectivity index (χ1n) is 9.86. The van der Waals surface area contributed by atoms with E-state index in [4.69, 9.17) is 13.3 Å². The number of aryl methyl sites for hydroxylation is 1. The van der Waals surface area contributed by atoms with Gasteiger partial charge in [0.05, 0.1) is 0 Å². The van der Waals surface area contributed by atoms with Gasteiger partial charge in [-0.3, -0.25) is 0 Å². The average molecular weight is 369 g/mol. The predicted molar refractivity (Wildman–Crippen MR) is 105 cm³/mol. The van der Waals surface area contributed by atoms with Crippen LogP contribution in [0.2, 0.25) is 6.04 Å². The molecule has 0 saturated carbocycles. The first-order chi connectivity index (χ1) is 12.2. The molecule has 1 rings (SSSR count).